The predicted octanol–water partition coefficient (Wildman–Crippen LogP) is 1.46. The van der Waals surface area contributed by atoms with Crippen molar-refractivity contribution < 1.29 is 23.1 Å². The molecule has 16 heavy (non-hydrogen) atoms. The van der Waals surface area contributed by atoms with Crippen LogP contribution in [0.2, 0.25) is 0 Å². The Kier molecular flexibility index (Phi) is 4.58. The number of hydrogen-bond donors (Lipinski definition) is 2. The van der Waals surface area contributed by atoms with Crippen molar-refractivity contribution in [3.63, 3.8) is 0 Å². The van der Waals surface area contributed by atoms with E-state index in [1.807, 2.05) is 0 Å². The van der Waals surface area contributed by atoms with Gasteiger partial charge in [0, 0.05) is 12.5 Å². The largest absolute Gasteiger partial charge is 0.395 e. The Hall–Kier alpha value is -0.780. The first-order chi connectivity index (χ1) is 7.46. The molecule has 1 saturated carbocycles. The Morgan fingerprint density at radius 1 is 1.31 bits per heavy atom. The molecular weight excluding hydrogens is 223 g/mol. The highest BCUT2D eigenvalue weighted by molar-refractivity contribution is 5.79. The van der Waals surface area contributed by atoms with Crippen LogP contribution in [0.25, 0.3) is 0 Å². The van der Waals surface area contributed by atoms with Crippen molar-refractivity contribution in [2.45, 2.75) is 31.9 Å². The van der Waals surface area contributed by atoms with E-state index in [1.54, 1.807) is 0 Å². The van der Waals surface area contributed by atoms with E-state index in [9.17, 15) is 18.0 Å². The lowest BCUT2D eigenvalue weighted by Crippen LogP contribution is -2.43. The SMILES string of the molecule is O=C(NCCO)C1CCCCC1C(F)(F)F. The molecule has 3 nitrogen and oxygen atoms in total. The van der Waals surface area contributed by atoms with Crippen molar-refractivity contribution in [3.05, 3.63) is 0 Å². The summed E-state index contributed by atoms with van der Waals surface area (Å²) in [6, 6.07) is 0. The highest BCUT2D eigenvalue weighted by atomic mass is 19.4. The Morgan fingerprint density at radius 2 is 1.94 bits per heavy atom. The van der Waals surface area contributed by atoms with Crippen LogP contribution in [0.1, 0.15) is 25.7 Å². The zero-order valence-corrected chi connectivity index (χ0v) is 8.89. The summed E-state index contributed by atoms with van der Waals surface area (Å²) in [5, 5.41) is 10.8. The minimum Gasteiger partial charge on any atom is -0.395 e. The number of aliphatic hydroxyl groups excluding tert-OH is 1. The van der Waals surface area contributed by atoms with E-state index in [4.69, 9.17) is 5.11 Å². The second-order valence-electron chi connectivity index (χ2n) is 4.05. The zero-order chi connectivity index (χ0) is 12.2. The van der Waals surface area contributed by atoms with Gasteiger partial charge in [-0.2, -0.15) is 13.2 Å². The van der Waals surface area contributed by atoms with Gasteiger partial charge in [-0.25, -0.2) is 0 Å². The van der Waals surface area contributed by atoms with Gasteiger partial charge in [-0.1, -0.05) is 12.8 Å². The summed E-state index contributed by atoms with van der Waals surface area (Å²) < 4.78 is 37.9. The summed E-state index contributed by atoms with van der Waals surface area (Å²) in [6.07, 6.45) is -2.82. The molecule has 0 radical (unpaired) electrons. The lowest BCUT2D eigenvalue weighted by atomic mass is 9.78. The topological polar surface area (TPSA) is 49.3 Å². The molecule has 0 aromatic carbocycles. The van der Waals surface area contributed by atoms with E-state index >= 15 is 0 Å². The predicted molar refractivity (Wildman–Crippen MR) is 51.6 cm³/mol. The molecule has 1 aliphatic carbocycles. The van der Waals surface area contributed by atoms with Crippen LogP contribution >= 0.6 is 0 Å². The monoisotopic (exact) mass is 239 g/mol. The number of carbonyl (C=O) groups is 1. The Labute approximate surface area is 92.0 Å². The summed E-state index contributed by atoms with van der Waals surface area (Å²) in [7, 11) is 0. The first-order valence-electron chi connectivity index (χ1n) is 5.42. The third kappa shape index (κ3) is 3.37. The van der Waals surface area contributed by atoms with Gasteiger partial charge in [0.05, 0.1) is 12.5 Å². The van der Waals surface area contributed by atoms with Crippen LogP contribution in [0, 0.1) is 11.8 Å². The van der Waals surface area contributed by atoms with Gasteiger partial charge in [-0.05, 0) is 12.8 Å². The molecular formula is C10H16F3NO2. The number of amides is 1. The van der Waals surface area contributed by atoms with E-state index < -0.39 is 23.9 Å². The van der Waals surface area contributed by atoms with E-state index in [0.29, 0.717) is 12.8 Å². The molecule has 2 unspecified atom stereocenters. The number of halogens is 3. The lowest BCUT2D eigenvalue weighted by molar-refractivity contribution is -0.198. The molecule has 2 atom stereocenters. The van der Waals surface area contributed by atoms with Crippen molar-refractivity contribution in [1.29, 1.82) is 0 Å². The number of carbonyl (C=O) groups excluding carboxylic acids is 1. The third-order valence-corrected chi connectivity index (χ3v) is 2.93. The highest BCUT2D eigenvalue weighted by Crippen LogP contribution is 2.41. The first kappa shape index (κ1) is 13.3. The minimum absolute atomic E-state index is 0.0138. The van der Waals surface area contributed by atoms with Crippen molar-refractivity contribution in [3.8, 4) is 0 Å². The number of hydrogen-bond acceptors (Lipinski definition) is 2. The van der Waals surface area contributed by atoms with E-state index in [1.165, 1.54) is 0 Å². The Balaban J connectivity index is 2.63. The fourth-order valence-corrected chi connectivity index (χ4v) is 2.15. The van der Waals surface area contributed by atoms with Crippen LogP contribution in [0.4, 0.5) is 13.2 Å². The van der Waals surface area contributed by atoms with Gasteiger partial charge in [0.15, 0.2) is 0 Å². The summed E-state index contributed by atoms with van der Waals surface area (Å²) in [6.45, 7) is -0.241. The van der Waals surface area contributed by atoms with Gasteiger partial charge in [-0.3, -0.25) is 4.79 Å². The molecule has 0 spiro atoms. The molecule has 6 heteroatoms. The Bertz CT molecular complexity index is 243. The van der Waals surface area contributed by atoms with E-state index in [-0.39, 0.29) is 26.0 Å². The van der Waals surface area contributed by atoms with Crippen LogP contribution in [-0.2, 0) is 4.79 Å². The number of rotatable bonds is 3. The molecule has 0 saturated heterocycles. The quantitative estimate of drug-likeness (QED) is 0.783. The summed E-state index contributed by atoms with van der Waals surface area (Å²) in [4.78, 5) is 11.5. The van der Waals surface area contributed by atoms with Crippen LogP contribution in [0.15, 0.2) is 0 Å². The van der Waals surface area contributed by atoms with Crippen molar-refractivity contribution in [2.75, 3.05) is 13.2 Å². The average Bonchev–Trinajstić information content (AvgIpc) is 2.24. The maximum Gasteiger partial charge on any atom is 0.392 e. The van der Waals surface area contributed by atoms with Gasteiger partial charge < -0.3 is 10.4 Å². The van der Waals surface area contributed by atoms with Gasteiger partial charge in [0.25, 0.3) is 0 Å². The maximum absolute atomic E-state index is 12.6. The molecule has 0 aromatic rings. The van der Waals surface area contributed by atoms with Crippen LogP contribution < -0.4 is 5.32 Å². The van der Waals surface area contributed by atoms with Gasteiger partial charge >= 0.3 is 6.18 Å². The molecule has 1 aliphatic rings. The molecule has 0 bridgehead atoms. The molecule has 0 heterocycles. The number of nitrogens with one attached hydrogen (secondary N) is 1. The van der Waals surface area contributed by atoms with Gasteiger partial charge in [-0.15, -0.1) is 0 Å². The molecule has 0 aromatic heterocycles. The fourth-order valence-electron chi connectivity index (χ4n) is 2.15. The second kappa shape index (κ2) is 5.52. The minimum atomic E-state index is -4.30. The fraction of sp³-hybridized carbons (Fsp3) is 0.900. The van der Waals surface area contributed by atoms with E-state index in [2.05, 4.69) is 5.32 Å². The number of aliphatic hydroxyl groups is 1. The van der Waals surface area contributed by atoms with Crippen molar-refractivity contribution >= 4 is 5.91 Å². The first-order valence-corrected chi connectivity index (χ1v) is 5.42. The number of alkyl halides is 3. The standard InChI is InChI=1S/C10H16F3NO2/c11-10(12,13)8-4-2-1-3-7(8)9(16)14-5-6-15/h7-8,15H,1-6H2,(H,14,16). The smallest absolute Gasteiger partial charge is 0.392 e. The molecule has 0 aliphatic heterocycles. The van der Waals surface area contributed by atoms with Crippen LogP contribution in [0.5, 0.6) is 0 Å². The average molecular weight is 239 g/mol. The lowest BCUT2D eigenvalue weighted by Gasteiger charge is -2.31. The maximum atomic E-state index is 12.6. The molecule has 1 fully saturated rings. The zero-order valence-electron chi connectivity index (χ0n) is 8.89. The van der Waals surface area contributed by atoms with Gasteiger partial charge in [0.2, 0.25) is 5.91 Å². The molecule has 94 valence electrons. The van der Waals surface area contributed by atoms with Crippen molar-refractivity contribution in [1.82, 2.24) is 5.32 Å². The van der Waals surface area contributed by atoms with E-state index in [0.717, 1.165) is 0 Å². The molecule has 1 amide bonds. The third-order valence-electron chi connectivity index (χ3n) is 2.93. The highest BCUT2D eigenvalue weighted by Gasteiger charge is 2.47. The summed E-state index contributed by atoms with van der Waals surface area (Å²) >= 11 is 0. The van der Waals surface area contributed by atoms with Crippen LogP contribution in [-0.4, -0.2) is 30.3 Å². The van der Waals surface area contributed by atoms with Crippen molar-refractivity contribution in [2.24, 2.45) is 11.8 Å². The van der Waals surface area contributed by atoms with Gasteiger partial charge in [0.1, 0.15) is 0 Å². The van der Waals surface area contributed by atoms with Crippen LogP contribution in [0.3, 0.4) is 0 Å². The summed E-state index contributed by atoms with van der Waals surface area (Å²) in [5.74, 6) is -3.10. The summed E-state index contributed by atoms with van der Waals surface area (Å²) in [5.41, 5.74) is 0. The molecule has 1 rings (SSSR count). The second-order valence-corrected chi connectivity index (χ2v) is 4.05. The molecule has 2 N–H and O–H groups in total. The normalized spacial score (nSPS) is 26.5. The Morgan fingerprint density at radius 3 is 2.50 bits per heavy atom.